The van der Waals surface area contributed by atoms with Crippen LogP contribution in [0.2, 0.25) is 0 Å². The lowest BCUT2D eigenvalue weighted by Crippen LogP contribution is -2.42. The summed E-state index contributed by atoms with van der Waals surface area (Å²) in [5.41, 5.74) is 0.601. The quantitative estimate of drug-likeness (QED) is 0.647. The molecule has 0 aliphatic carbocycles. The van der Waals surface area contributed by atoms with Crippen molar-refractivity contribution in [3.8, 4) is 0 Å². The lowest BCUT2D eigenvalue weighted by Gasteiger charge is -2.22. The first-order valence-corrected chi connectivity index (χ1v) is 9.21. The first-order chi connectivity index (χ1) is 10.6. The van der Waals surface area contributed by atoms with E-state index in [4.69, 9.17) is 0 Å². The molecular weight excluding hydrogens is 366 g/mol. The Balaban J connectivity index is 1.62. The van der Waals surface area contributed by atoms with E-state index in [9.17, 15) is 9.59 Å². The second kappa shape index (κ2) is 9.17. The summed E-state index contributed by atoms with van der Waals surface area (Å²) in [5.74, 6) is 1.98. The average Bonchev–Trinajstić information content (AvgIpc) is 2.52. The molecule has 0 bridgehead atoms. The summed E-state index contributed by atoms with van der Waals surface area (Å²) in [5, 5.41) is 8.96. The number of hydrogen-bond donors (Lipinski definition) is 3. The molecular formula is C15H20BrN3O2S. The van der Waals surface area contributed by atoms with Gasteiger partial charge in [-0.25, -0.2) is 0 Å². The number of carbonyl (C=O) groups is 2. The van der Waals surface area contributed by atoms with Crippen LogP contribution in [0.1, 0.15) is 16.8 Å². The van der Waals surface area contributed by atoms with Gasteiger partial charge in [0.15, 0.2) is 0 Å². The highest BCUT2D eigenvalue weighted by Crippen LogP contribution is 2.11. The highest BCUT2D eigenvalue weighted by atomic mass is 79.9. The number of rotatable bonds is 6. The molecule has 1 heterocycles. The van der Waals surface area contributed by atoms with Gasteiger partial charge in [-0.3, -0.25) is 9.59 Å². The predicted octanol–water partition coefficient (Wildman–Crippen LogP) is 1.39. The van der Waals surface area contributed by atoms with E-state index in [-0.39, 0.29) is 17.9 Å². The Bertz CT molecular complexity index is 521. The normalized spacial score (nSPS) is 17.8. The van der Waals surface area contributed by atoms with E-state index in [2.05, 4.69) is 31.9 Å². The largest absolute Gasteiger partial charge is 0.354 e. The summed E-state index contributed by atoms with van der Waals surface area (Å²) in [6, 6.07) is 7.46. The predicted molar refractivity (Wildman–Crippen MR) is 93.2 cm³/mol. The first kappa shape index (κ1) is 17.3. The smallest absolute Gasteiger partial charge is 0.251 e. The maximum absolute atomic E-state index is 11.9. The fourth-order valence-electron chi connectivity index (χ4n) is 2.16. The van der Waals surface area contributed by atoms with Gasteiger partial charge in [0.2, 0.25) is 5.91 Å². The second-order valence-electron chi connectivity index (χ2n) is 5.05. The van der Waals surface area contributed by atoms with Crippen LogP contribution in [-0.2, 0) is 4.79 Å². The molecule has 7 heteroatoms. The van der Waals surface area contributed by atoms with E-state index in [1.165, 1.54) is 0 Å². The first-order valence-electron chi connectivity index (χ1n) is 7.27. The molecule has 22 heavy (non-hydrogen) atoms. The molecule has 0 aromatic heterocycles. The molecule has 0 radical (unpaired) electrons. The third-order valence-electron chi connectivity index (χ3n) is 3.25. The van der Waals surface area contributed by atoms with Crippen LogP contribution >= 0.6 is 27.7 Å². The van der Waals surface area contributed by atoms with Crippen molar-refractivity contribution in [2.75, 3.05) is 31.1 Å². The van der Waals surface area contributed by atoms with Crippen LogP contribution in [0.5, 0.6) is 0 Å². The molecule has 1 aliphatic rings. The van der Waals surface area contributed by atoms with Crippen LogP contribution in [0.15, 0.2) is 28.7 Å². The van der Waals surface area contributed by atoms with Crippen molar-refractivity contribution in [3.05, 3.63) is 34.3 Å². The second-order valence-corrected chi connectivity index (χ2v) is 7.11. The molecule has 1 aromatic carbocycles. The lowest BCUT2D eigenvalue weighted by atomic mass is 10.2. The number of carbonyl (C=O) groups excluding carboxylic acids is 2. The SMILES string of the molecule is O=C(CC1CSCCN1)NCCNC(=O)c1cccc(Br)c1. The maximum Gasteiger partial charge on any atom is 0.251 e. The topological polar surface area (TPSA) is 70.2 Å². The highest BCUT2D eigenvalue weighted by molar-refractivity contribution is 9.10. The van der Waals surface area contributed by atoms with E-state index in [0.29, 0.717) is 25.1 Å². The Kier molecular flexibility index (Phi) is 7.21. The van der Waals surface area contributed by atoms with Crippen LogP contribution < -0.4 is 16.0 Å². The molecule has 2 rings (SSSR count). The molecule has 0 spiro atoms. The summed E-state index contributed by atoms with van der Waals surface area (Å²) in [6.45, 7) is 1.83. The zero-order valence-electron chi connectivity index (χ0n) is 12.2. The van der Waals surface area contributed by atoms with Gasteiger partial charge in [-0.15, -0.1) is 0 Å². The fourth-order valence-corrected chi connectivity index (χ4v) is 3.50. The number of amides is 2. The van der Waals surface area contributed by atoms with Crippen molar-refractivity contribution < 1.29 is 9.59 Å². The Morgan fingerprint density at radius 1 is 1.32 bits per heavy atom. The zero-order valence-corrected chi connectivity index (χ0v) is 14.6. The van der Waals surface area contributed by atoms with Crippen LogP contribution in [-0.4, -0.2) is 49.0 Å². The number of benzene rings is 1. The van der Waals surface area contributed by atoms with E-state index in [1.807, 2.05) is 23.9 Å². The number of nitrogens with one attached hydrogen (secondary N) is 3. The Labute approximate surface area is 143 Å². The fraction of sp³-hybridized carbons (Fsp3) is 0.467. The van der Waals surface area contributed by atoms with Crippen LogP contribution in [0.4, 0.5) is 0 Å². The minimum atomic E-state index is -0.138. The summed E-state index contributed by atoms with van der Waals surface area (Å²) >= 11 is 5.21. The highest BCUT2D eigenvalue weighted by Gasteiger charge is 2.16. The molecule has 3 N–H and O–H groups in total. The molecule has 120 valence electrons. The Morgan fingerprint density at radius 3 is 2.86 bits per heavy atom. The zero-order chi connectivity index (χ0) is 15.8. The minimum absolute atomic E-state index is 0.0247. The molecule has 5 nitrogen and oxygen atoms in total. The van der Waals surface area contributed by atoms with Gasteiger partial charge < -0.3 is 16.0 Å². The summed E-state index contributed by atoms with van der Waals surface area (Å²) in [6.07, 6.45) is 0.493. The van der Waals surface area contributed by atoms with Gasteiger partial charge in [0.1, 0.15) is 0 Å². The molecule has 1 aliphatic heterocycles. The molecule has 1 unspecified atom stereocenters. The van der Waals surface area contributed by atoms with Crippen molar-refractivity contribution in [1.82, 2.24) is 16.0 Å². The van der Waals surface area contributed by atoms with E-state index in [0.717, 1.165) is 22.5 Å². The summed E-state index contributed by atoms with van der Waals surface area (Å²) < 4.78 is 0.867. The molecule has 0 saturated carbocycles. The van der Waals surface area contributed by atoms with Gasteiger partial charge in [-0.05, 0) is 18.2 Å². The Hall–Kier alpha value is -1.05. The third-order valence-corrected chi connectivity index (χ3v) is 4.87. The van der Waals surface area contributed by atoms with E-state index in [1.54, 1.807) is 12.1 Å². The molecule has 2 amide bonds. The number of thioether (sulfide) groups is 1. The van der Waals surface area contributed by atoms with Crippen molar-refractivity contribution in [3.63, 3.8) is 0 Å². The molecule has 1 atom stereocenters. The van der Waals surface area contributed by atoms with Gasteiger partial charge in [0, 0.05) is 53.6 Å². The minimum Gasteiger partial charge on any atom is -0.354 e. The number of halogens is 1. The van der Waals surface area contributed by atoms with Crippen LogP contribution in [0.3, 0.4) is 0 Å². The Morgan fingerprint density at radius 2 is 2.14 bits per heavy atom. The molecule has 1 aromatic rings. The van der Waals surface area contributed by atoms with Crippen LogP contribution in [0.25, 0.3) is 0 Å². The van der Waals surface area contributed by atoms with Gasteiger partial charge in [-0.1, -0.05) is 22.0 Å². The van der Waals surface area contributed by atoms with Crippen LogP contribution in [0, 0.1) is 0 Å². The van der Waals surface area contributed by atoms with Crippen molar-refractivity contribution in [1.29, 1.82) is 0 Å². The van der Waals surface area contributed by atoms with Gasteiger partial charge in [0.25, 0.3) is 5.91 Å². The third kappa shape index (κ3) is 5.98. The maximum atomic E-state index is 11.9. The molecule has 1 fully saturated rings. The van der Waals surface area contributed by atoms with Crippen molar-refractivity contribution >= 4 is 39.5 Å². The van der Waals surface area contributed by atoms with E-state index < -0.39 is 0 Å². The van der Waals surface area contributed by atoms with Gasteiger partial charge >= 0.3 is 0 Å². The van der Waals surface area contributed by atoms with Gasteiger partial charge in [-0.2, -0.15) is 11.8 Å². The monoisotopic (exact) mass is 385 g/mol. The number of hydrogen-bond acceptors (Lipinski definition) is 4. The van der Waals surface area contributed by atoms with Crippen molar-refractivity contribution in [2.24, 2.45) is 0 Å². The van der Waals surface area contributed by atoms with E-state index >= 15 is 0 Å². The summed E-state index contributed by atoms with van der Waals surface area (Å²) in [4.78, 5) is 23.7. The standard InChI is InChI=1S/C15H20BrN3O2S/c16-12-3-1-2-11(8-12)15(21)19-5-4-18-14(20)9-13-10-22-7-6-17-13/h1-3,8,13,17H,4-7,9-10H2,(H,18,20)(H,19,21). The lowest BCUT2D eigenvalue weighted by molar-refractivity contribution is -0.121. The average molecular weight is 386 g/mol. The molecule has 1 saturated heterocycles. The van der Waals surface area contributed by atoms with Gasteiger partial charge in [0.05, 0.1) is 0 Å². The van der Waals surface area contributed by atoms with Crippen molar-refractivity contribution in [2.45, 2.75) is 12.5 Å². The summed E-state index contributed by atoms with van der Waals surface area (Å²) in [7, 11) is 0.